The van der Waals surface area contributed by atoms with E-state index in [0.717, 1.165) is 17.9 Å². The number of hydrogen-bond donors (Lipinski definition) is 0. The third kappa shape index (κ3) is 3.82. The molecule has 1 aromatic carbocycles. The fraction of sp³-hybridized carbons (Fsp3) is 0.308. The van der Waals surface area contributed by atoms with Crippen LogP contribution in [0.15, 0.2) is 29.4 Å². The van der Waals surface area contributed by atoms with Gasteiger partial charge >= 0.3 is 16.1 Å². The van der Waals surface area contributed by atoms with Gasteiger partial charge in [0.25, 0.3) is 0 Å². The zero-order valence-electron chi connectivity index (χ0n) is 11.3. The van der Waals surface area contributed by atoms with E-state index >= 15 is 0 Å². The lowest BCUT2D eigenvalue weighted by Crippen LogP contribution is -2.08. The topological polar surface area (TPSA) is 69.7 Å². The molecule has 0 N–H and O–H groups in total. The van der Waals surface area contributed by atoms with E-state index in [0.29, 0.717) is 11.1 Å². The van der Waals surface area contributed by atoms with Crippen molar-refractivity contribution in [1.82, 2.24) is 0 Å². The Morgan fingerprint density at radius 1 is 1.16 bits per heavy atom. The summed E-state index contributed by atoms with van der Waals surface area (Å²) in [6.07, 6.45) is 1.70. The number of carbonyl (C=O) groups is 1. The van der Waals surface area contributed by atoms with E-state index < -0.39 is 16.1 Å². The normalized spacial score (nSPS) is 11.6. The molecule has 0 aliphatic carbocycles. The Labute approximate surface area is 113 Å². The van der Waals surface area contributed by atoms with Crippen LogP contribution in [0.1, 0.15) is 16.7 Å². The highest BCUT2D eigenvalue weighted by molar-refractivity contribution is 7.87. The Bertz CT molecular complexity index is 591. The summed E-state index contributed by atoms with van der Waals surface area (Å²) in [5.41, 5.74) is 2.17. The molecule has 1 rings (SSSR count). The Morgan fingerprint density at radius 3 is 2.16 bits per heavy atom. The molecule has 0 saturated heterocycles. The van der Waals surface area contributed by atoms with Gasteiger partial charge in [0.1, 0.15) is 11.2 Å². The molecular formula is C13H16O5S. The van der Waals surface area contributed by atoms with Gasteiger partial charge in [-0.3, -0.25) is 0 Å². The maximum atomic E-state index is 12.0. The van der Waals surface area contributed by atoms with Crippen LogP contribution in [0.25, 0.3) is 0 Å². The summed E-state index contributed by atoms with van der Waals surface area (Å²) in [6.45, 7) is 5.27. The van der Waals surface area contributed by atoms with Crippen molar-refractivity contribution < 1.29 is 22.1 Å². The van der Waals surface area contributed by atoms with Crippen molar-refractivity contribution in [2.45, 2.75) is 25.7 Å². The highest BCUT2D eigenvalue weighted by Crippen LogP contribution is 2.23. The number of aryl methyl sites for hydroxylation is 3. The number of rotatable bonds is 4. The predicted molar refractivity (Wildman–Crippen MR) is 70.1 cm³/mol. The Balaban J connectivity index is 3.08. The van der Waals surface area contributed by atoms with Gasteiger partial charge in [-0.2, -0.15) is 8.42 Å². The zero-order valence-corrected chi connectivity index (χ0v) is 12.1. The summed E-state index contributed by atoms with van der Waals surface area (Å²) in [4.78, 5) is 10.9. The molecule has 6 heteroatoms. The van der Waals surface area contributed by atoms with Gasteiger partial charge in [0.15, 0.2) is 0 Å². The van der Waals surface area contributed by atoms with Gasteiger partial charge in [0, 0.05) is 0 Å². The monoisotopic (exact) mass is 284 g/mol. The third-order valence-corrected chi connectivity index (χ3v) is 3.95. The van der Waals surface area contributed by atoms with Gasteiger partial charge in [-0.15, -0.1) is 0 Å². The summed E-state index contributed by atoms with van der Waals surface area (Å²) in [5, 5.41) is 0. The lowest BCUT2D eigenvalue weighted by Gasteiger charge is -2.10. The van der Waals surface area contributed by atoms with Crippen molar-refractivity contribution in [3.63, 3.8) is 0 Å². The van der Waals surface area contributed by atoms with Crippen LogP contribution in [0.5, 0.6) is 0 Å². The van der Waals surface area contributed by atoms with Crippen LogP contribution in [0.3, 0.4) is 0 Å². The van der Waals surface area contributed by atoms with Crippen molar-refractivity contribution in [3.8, 4) is 0 Å². The van der Waals surface area contributed by atoms with Crippen LogP contribution in [-0.2, 0) is 23.8 Å². The molecule has 0 radical (unpaired) electrons. The first-order chi connectivity index (χ1) is 8.77. The minimum absolute atomic E-state index is 0.118. The number of carbonyl (C=O) groups excluding carboxylic acids is 1. The first kappa shape index (κ1) is 15.2. The molecule has 0 saturated carbocycles. The molecule has 0 aromatic heterocycles. The minimum Gasteiger partial charge on any atom is -0.466 e. The molecule has 1 aromatic rings. The predicted octanol–water partition coefficient (Wildman–Crippen LogP) is 2.00. The zero-order chi connectivity index (χ0) is 14.6. The fourth-order valence-electron chi connectivity index (χ4n) is 1.83. The average Bonchev–Trinajstić information content (AvgIpc) is 2.26. The Hall–Kier alpha value is -1.82. The quantitative estimate of drug-likeness (QED) is 0.366. The maximum Gasteiger partial charge on any atom is 0.339 e. The van der Waals surface area contributed by atoms with E-state index in [4.69, 9.17) is 0 Å². The van der Waals surface area contributed by atoms with Crippen molar-refractivity contribution in [2.75, 3.05) is 7.11 Å². The molecule has 19 heavy (non-hydrogen) atoms. The first-order valence-corrected chi connectivity index (χ1v) is 6.94. The van der Waals surface area contributed by atoms with E-state index in [2.05, 4.69) is 8.92 Å². The summed E-state index contributed by atoms with van der Waals surface area (Å²) in [5.74, 6) is -0.687. The molecule has 0 unspecified atom stereocenters. The van der Waals surface area contributed by atoms with Crippen molar-refractivity contribution in [1.29, 1.82) is 0 Å². The van der Waals surface area contributed by atoms with E-state index in [1.165, 1.54) is 7.11 Å². The molecule has 0 atom stereocenters. The number of methoxy groups -OCH3 is 1. The van der Waals surface area contributed by atoms with Gasteiger partial charge in [0.05, 0.1) is 13.2 Å². The van der Waals surface area contributed by atoms with Crippen molar-refractivity contribution in [3.05, 3.63) is 41.2 Å². The molecule has 0 amide bonds. The third-order valence-electron chi connectivity index (χ3n) is 2.44. The smallest absolute Gasteiger partial charge is 0.339 e. The molecule has 0 bridgehead atoms. The summed E-state index contributed by atoms with van der Waals surface area (Å²) >= 11 is 0. The SMILES string of the molecule is COC(=O)/C=C\OS(=O)(=O)c1c(C)cc(C)cc1C. The largest absolute Gasteiger partial charge is 0.466 e. The molecule has 0 aliphatic heterocycles. The van der Waals surface area contributed by atoms with E-state index in [-0.39, 0.29) is 4.90 Å². The van der Waals surface area contributed by atoms with Gasteiger partial charge in [-0.25, -0.2) is 4.79 Å². The van der Waals surface area contributed by atoms with E-state index in [1.54, 1.807) is 26.0 Å². The van der Waals surface area contributed by atoms with Crippen LogP contribution in [-0.4, -0.2) is 21.5 Å². The number of hydrogen-bond acceptors (Lipinski definition) is 5. The van der Waals surface area contributed by atoms with Crippen LogP contribution < -0.4 is 0 Å². The number of ether oxygens (including phenoxy) is 1. The molecule has 104 valence electrons. The molecule has 0 aliphatic rings. The molecule has 5 nitrogen and oxygen atoms in total. The summed E-state index contributed by atoms with van der Waals surface area (Å²) in [6, 6.07) is 3.51. The number of esters is 1. The van der Waals surface area contributed by atoms with Crippen LogP contribution >= 0.6 is 0 Å². The lowest BCUT2D eigenvalue weighted by molar-refractivity contribution is -0.134. The molecular weight excluding hydrogens is 268 g/mol. The van der Waals surface area contributed by atoms with Crippen molar-refractivity contribution in [2.24, 2.45) is 0 Å². The van der Waals surface area contributed by atoms with Gasteiger partial charge < -0.3 is 8.92 Å². The fourth-order valence-corrected chi connectivity index (χ4v) is 3.04. The highest BCUT2D eigenvalue weighted by Gasteiger charge is 2.20. The Kier molecular flexibility index (Phi) is 4.72. The van der Waals surface area contributed by atoms with Crippen molar-refractivity contribution >= 4 is 16.1 Å². The highest BCUT2D eigenvalue weighted by atomic mass is 32.2. The summed E-state index contributed by atoms with van der Waals surface area (Å²) < 4.78 is 33.1. The van der Waals surface area contributed by atoms with Crippen LogP contribution in [0.4, 0.5) is 0 Å². The second-order valence-electron chi connectivity index (χ2n) is 4.10. The summed E-state index contributed by atoms with van der Waals surface area (Å²) in [7, 11) is -2.75. The average molecular weight is 284 g/mol. The number of benzene rings is 1. The molecule has 0 heterocycles. The van der Waals surface area contributed by atoms with E-state index in [9.17, 15) is 13.2 Å². The first-order valence-electron chi connectivity index (χ1n) is 5.53. The second kappa shape index (κ2) is 5.88. The maximum absolute atomic E-state index is 12.0. The lowest BCUT2D eigenvalue weighted by atomic mass is 10.1. The molecule has 0 fully saturated rings. The second-order valence-corrected chi connectivity index (χ2v) is 5.61. The Morgan fingerprint density at radius 2 is 1.68 bits per heavy atom. The van der Waals surface area contributed by atoms with Crippen LogP contribution in [0.2, 0.25) is 0 Å². The standard InChI is InChI=1S/C13H16O5S/c1-9-7-10(2)13(11(3)8-9)19(15,16)18-6-5-12(14)17-4/h5-8H,1-4H3/b6-5-. The molecule has 0 spiro atoms. The van der Waals surface area contributed by atoms with Crippen LogP contribution in [0, 0.1) is 20.8 Å². The van der Waals surface area contributed by atoms with Gasteiger partial charge in [-0.05, 0) is 31.9 Å². The van der Waals surface area contributed by atoms with E-state index in [1.807, 2.05) is 6.92 Å². The van der Waals surface area contributed by atoms with Gasteiger partial charge in [0.2, 0.25) is 0 Å². The minimum atomic E-state index is -3.94. The van der Waals surface area contributed by atoms with Gasteiger partial charge in [-0.1, -0.05) is 17.7 Å².